The van der Waals surface area contributed by atoms with Crippen LogP contribution in [0, 0.1) is 0 Å². The van der Waals surface area contributed by atoms with E-state index in [-0.39, 0.29) is 6.10 Å². The van der Waals surface area contributed by atoms with Gasteiger partial charge in [-0.1, -0.05) is 55.0 Å². The second-order valence-corrected chi connectivity index (χ2v) is 7.41. The zero-order valence-corrected chi connectivity index (χ0v) is 15.7. The third-order valence-corrected chi connectivity index (χ3v) is 5.06. The summed E-state index contributed by atoms with van der Waals surface area (Å²) in [5.41, 5.74) is 5.63. The third-order valence-electron chi connectivity index (χ3n) is 5.06. The van der Waals surface area contributed by atoms with Crippen molar-refractivity contribution in [2.75, 3.05) is 27.2 Å². The van der Waals surface area contributed by atoms with Crippen LogP contribution in [0.25, 0.3) is 0 Å². The predicted octanol–water partition coefficient (Wildman–Crippen LogP) is 5.01. The standard InChI is InChI=1S/C23H31NO/c1-24(2)16-9-17-25-23(20-11-6-4-7-12-20)22-15-14-19-10-5-3-8-13-21(19)18-22/h4,6-7,11-12,14-15,18,23H,3,5,8-10,13,16-17H2,1-2H3. The maximum atomic E-state index is 6.36. The van der Waals surface area contributed by atoms with E-state index in [4.69, 9.17) is 4.74 Å². The summed E-state index contributed by atoms with van der Waals surface area (Å²) in [5.74, 6) is 0. The molecule has 3 rings (SSSR count). The first-order valence-electron chi connectivity index (χ1n) is 9.67. The number of fused-ring (bicyclic) bond motifs is 1. The highest BCUT2D eigenvalue weighted by atomic mass is 16.5. The van der Waals surface area contributed by atoms with E-state index in [0.29, 0.717) is 0 Å². The highest BCUT2D eigenvalue weighted by molar-refractivity contribution is 5.38. The number of nitrogens with zero attached hydrogens (tertiary/aromatic N) is 1. The molecule has 0 saturated heterocycles. The van der Waals surface area contributed by atoms with Crippen LogP contribution in [0.4, 0.5) is 0 Å². The summed E-state index contributed by atoms with van der Waals surface area (Å²) >= 11 is 0. The van der Waals surface area contributed by atoms with E-state index >= 15 is 0 Å². The van der Waals surface area contributed by atoms with Crippen LogP contribution in [-0.2, 0) is 17.6 Å². The van der Waals surface area contributed by atoms with E-state index in [1.807, 2.05) is 0 Å². The molecule has 1 unspecified atom stereocenters. The van der Waals surface area contributed by atoms with Gasteiger partial charge in [-0.25, -0.2) is 0 Å². The van der Waals surface area contributed by atoms with Gasteiger partial charge in [0.15, 0.2) is 0 Å². The second kappa shape index (κ2) is 9.17. The number of rotatable bonds is 7. The molecule has 0 fully saturated rings. The fraction of sp³-hybridized carbons (Fsp3) is 0.478. The lowest BCUT2D eigenvalue weighted by molar-refractivity contribution is 0.0744. The molecule has 0 aliphatic heterocycles. The Labute approximate surface area is 152 Å². The van der Waals surface area contributed by atoms with Crippen LogP contribution in [0.15, 0.2) is 48.5 Å². The average Bonchev–Trinajstić information content (AvgIpc) is 2.87. The van der Waals surface area contributed by atoms with E-state index in [1.165, 1.54) is 48.8 Å². The molecule has 25 heavy (non-hydrogen) atoms. The highest BCUT2D eigenvalue weighted by Crippen LogP contribution is 2.30. The molecule has 2 nitrogen and oxygen atoms in total. The van der Waals surface area contributed by atoms with E-state index < -0.39 is 0 Å². The Kier molecular flexibility index (Phi) is 6.66. The van der Waals surface area contributed by atoms with E-state index in [9.17, 15) is 0 Å². The van der Waals surface area contributed by atoms with Crippen LogP contribution in [0.5, 0.6) is 0 Å². The summed E-state index contributed by atoms with van der Waals surface area (Å²) in [6.45, 7) is 1.85. The first-order chi connectivity index (χ1) is 12.2. The quantitative estimate of drug-likeness (QED) is 0.520. The van der Waals surface area contributed by atoms with Gasteiger partial charge in [0.2, 0.25) is 0 Å². The molecule has 2 aromatic rings. The molecule has 0 bridgehead atoms. The van der Waals surface area contributed by atoms with Crippen LogP contribution in [0.3, 0.4) is 0 Å². The van der Waals surface area contributed by atoms with E-state index in [2.05, 4.69) is 67.5 Å². The predicted molar refractivity (Wildman–Crippen MR) is 105 cm³/mol. The number of hydrogen-bond donors (Lipinski definition) is 0. The Balaban J connectivity index is 1.80. The molecule has 1 aliphatic carbocycles. The SMILES string of the molecule is CN(C)CCCOC(c1ccccc1)c1ccc2c(c1)CCCCC2. The van der Waals surface area contributed by atoms with Crippen molar-refractivity contribution < 1.29 is 4.74 Å². The molecule has 1 atom stereocenters. The molecule has 0 radical (unpaired) electrons. The number of benzene rings is 2. The van der Waals surface area contributed by atoms with Gasteiger partial charge in [0, 0.05) is 6.61 Å². The fourth-order valence-corrected chi connectivity index (χ4v) is 3.69. The Morgan fingerprint density at radius 3 is 2.40 bits per heavy atom. The lowest BCUT2D eigenvalue weighted by Crippen LogP contribution is -2.16. The Hall–Kier alpha value is -1.64. The molecule has 0 saturated carbocycles. The summed E-state index contributed by atoms with van der Waals surface area (Å²) < 4.78 is 6.36. The van der Waals surface area contributed by atoms with Gasteiger partial charge in [0.05, 0.1) is 0 Å². The molecule has 2 aromatic carbocycles. The molecular weight excluding hydrogens is 306 g/mol. The van der Waals surface area contributed by atoms with Gasteiger partial charge in [0.1, 0.15) is 6.10 Å². The number of hydrogen-bond acceptors (Lipinski definition) is 2. The van der Waals surface area contributed by atoms with Crippen LogP contribution in [0.1, 0.15) is 54.0 Å². The Morgan fingerprint density at radius 2 is 1.64 bits per heavy atom. The zero-order chi connectivity index (χ0) is 17.5. The molecule has 0 N–H and O–H groups in total. The second-order valence-electron chi connectivity index (χ2n) is 7.41. The van der Waals surface area contributed by atoms with Crippen molar-refractivity contribution in [3.05, 3.63) is 70.8 Å². The molecule has 0 spiro atoms. The van der Waals surface area contributed by atoms with Crippen LogP contribution >= 0.6 is 0 Å². The molecule has 0 amide bonds. The molecule has 134 valence electrons. The smallest absolute Gasteiger partial charge is 0.108 e. The minimum absolute atomic E-state index is 0.0388. The average molecular weight is 338 g/mol. The van der Waals surface area contributed by atoms with Crippen molar-refractivity contribution in [3.8, 4) is 0 Å². The van der Waals surface area contributed by atoms with Crippen molar-refractivity contribution in [1.82, 2.24) is 4.90 Å². The lowest BCUT2D eigenvalue weighted by Gasteiger charge is -2.21. The Bertz CT molecular complexity index is 650. The fourth-order valence-electron chi connectivity index (χ4n) is 3.69. The van der Waals surface area contributed by atoms with Crippen LogP contribution in [0.2, 0.25) is 0 Å². The maximum absolute atomic E-state index is 6.36. The minimum Gasteiger partial charge on any atom is -0.369 e. The molecule has 0 aromatic heterocycles. The summed E-state index contributed by atoms with van der Waals surface area (Å²) in [6.07, 6.45) is 7.54. The summed E-state index contributed by atoms with van der Waals surface area (Å²) in [5, 5.41) is 0. The van der Waals surface area contributed by atoms with Gasteiger partial charge in [-0.2, -0.15) is 0 Å². The Morgan fingerprint density at radius 1 is 0.880 bits per heavy atom. The number of aryl methyl sites for hydroxylation is 2. The van der Waals surface area contributed by atoms with Crippen molar-refractivity contribution in [2.24, 2.45) is 0 Å². The van der Waals surface area contributed by atoms with Gasteiger partial charge in [-0.05, 0) is 75.0 Å². The van der Waals surface area contributed by atoms with Gasteiger partial charge in [-0.3, -0.25) is 0 Å². The first kappa shape index (κ1) is 18.2. The third kappa shape index (κ3) is 5.17. The van der Waals surface area contributed by atoms with Crippen molar-refractivity contribution in [3.63, 3.8) is 0 Å². The van der Waals surface area contributed by atoms with Crippen LogP contribution < -0.4 is 0 Å². The largest absolute Gasteiger partial charge is 0.369 e. The van der Waals surface area contributed by atoms with Crippen molar-refractivity contribution in [2.45, 2.75) is 44.6 Å². The zero-order valence-electron chi connectivity index (χ0n) is 15.7. The van der Waals surface area contributed by atoms with Gasteiger partial charge >= 0.3 is 0 Å². The van der Waals surface area contributed by atoms with Gasteiger partial charge in [0.25, 0.3) is 0 Å². The lowest BCUT2D eigenvalue weighted by atomic mass is 9.95. The van der Waals surface area contributed by atoms with Gasteiger partial charge < -0.3 is 9.64 Å². The maximum Gasteiger partial charge on any atom is 0.108 e. The normalized spacial score (nSPS) is 15.6. The van der Waals surface area contributed by atoms with Gasteiger partial charge in [-0.15, -0.1) is 0 Å². The topological polar surface area (TPSA) is 12.5 Å². The number of ether oxygens (including phenoxy) is 1. The van der Waals surface area contributed by atoms with Crippen molar-refractivity contribution >= 4 is 0 Å². The highest BCUT2D eigenvalue weighted by Gasteiger charge is 2.17. The summed E-state index contributed by atoms with van der Waals surface area (Å²) in [6, 6.07) is 17.7. The molecule has 2 heteroatoms. The minimum atomic E-state index is 0.0388. The molecular formula is C23H31NO. The summed E-state index contributed by atoms with van der Waals surface area (Å²) in [7, 11) is 4.22. The summed E-state index contributed by atoms with van der Waals surface area (Å²) in [4.78, 5) is 2.21. The monoisotopic (exact) mass is 337 g/mol. The van der Waals surface area contributed by atoms with E-state index in [1.54, 1.807) is 5.56 Å². The van der Waals surface area contributed by atoms with Crippen molar-refractivity contribution in [1.29, 1.82) is 0 Å². The van der Waals surface area contributed by atoms with Crippen LogP contribution in [-0.4, -0.2) is 32.1 Å². The van der Waals surface area contributed by atoms with E-state index in [0.717, 1.165) is 19.6 Å². The molecule has 0 heterocycles. The molecule has 1 aliphatic rings. The first-order valence-corrected chi connectivity index (χ1v) is 9.67.